The predicted molar refractivity (Wildman–Crippen MR) is 94.6 cm³/mol. The molecule has 0 fully saturated rings. The van der Waals surface area contributed by atoms with Crippen molar-refractivity contribution in [1.29, 1.82) is 0 Å². The zero-order valence-electron chi connectivity index (χ0n) is 12.3. The van der Waals surface area contributed by atoms with Gasteiger partial charge in [0.1, 0.15) is 5.56 Å². The number of carboxylic acid groups (broad SMARTS) is 1. The summed E-state index contributed by atoms with van der Waals surface area (Å²) in [5.74, 6) is 4.47. The fraction of sp³-hybridized carbons (Fsp3) is 0.0588. The van der Waals surface area contributed by atoms with Crippen molar-refractivity contribution in [2.45, 2.75) is 6.42 Å². The van der Waals surface area contributed by atoms with E-state index in [9.17, 15) is 9.59 Å². The monoisotopic (exact) mass is 362 g/mol. The lowest BCUT2D eigenvalue weighted by molar-refractivity contribution is 0.0695. The maximum absolute atomic E-state index is 12.4. The fourth-order valence-corrected chi connectivity index (χ4v) is 2.96. The molecule has 2 aromatic carbocycles. The Hall–Kier alpha value is -2.50. The number of hydrogen-bond donors (Lipinski definition) is 2. The maximum atomic E-state index is 12.4. The molecule has 3 aromatic rings. The molecule has 0 bridgehead atoms. The van der Waals surface area contributed by atoms with Crippen LogP contribution in [0.1, 0.15) is 21.5 Å². The van der Waals surface area contributed by atoms with Gasteiger partial charge in [-0.25, -0.2) is 4.79 Å². The van der Waals surface area contributed by atoms with Crippen LogP contribution in [0.2, 0.25) is 10.0 Å². The highest BCUT2D eigenvalue weighted by molar-refractivity contribution is 6.42. The van der Waals surface area contributed by atoms with E-state index < -0.39 is 11.4 Å². The molecule has 0 aliphatic heterocycles. The van der Waals surface area contributed by atoms with Gasteiger partial charge in [-0.15, -0.1) is 0 Å². The van der Waals surface area contributed by atoms with Crippen molar-refractivity contribution in [3.8, 4) is 0 Å². The van der Waals surface area contributed by atoms with Gasteiger partial charge in [0, 0.05) is 11.6 Å². The number of aromatic nitrogens is 1. The quantitative estimate of drug-likeness (QED) is 0.699. The van der Waals surface area contributed by atoms with Gasteiger partial charge in [0.05, 0.1) is 15.6 Å². The minimum Gasteiger partial charge on any atom is -0.477 e. The molecule has 24 heavy (non-hydrogen) atoms. The first kappa shape index (κ1) is 16.4. The molecule has 0 aliphatic rings. The van der Waals surface area contributed by atoms with Crippen LogP contribution in [0.4, 0.5) is 0 Å². The van der Waals surface area contributed by atoms with Crippen LogP contribution < -0.4 is 11.3 Å². The minimum absolute atomic E-state index is 0.244. The molecule has 5 nitrogen and oxygen atoms in total. The second kappa shape index (κ2) is 6.19. The molecule has 1 aromatic heterocycles. The summed E-state index contributed by atoms with van der Waals surface area (Å²) in [6.45, 7) is 0. The Balaban J connectivity index is 2.14. The Morgan fingerprint density at radius 1 is 1.21 bits per heavy atom. The van der Waals surface area contributed by atoms with Crippen LogP contribution in [0.5, 0.6) is 0 Å². The molecule has 7 heteroatoms. The SMILES string of the molecule is Nn1cc(C(=O)O)c(=O)c2cc(Cc3cccc(Cl)c3Cl)ccc21. The Bertz CT molecular complexity index is 1030. The number of carbonyl (C=O) groups is 1. The van der Waals surface area contributed by atoms with E-state index in [4.69, 9.17) is 34.2 Å². The minimum atomic E-state index is -1.32. The number of nitrogen functional groups attached to an aromatic ring is 1. The van der Waals surface area contributed by atoms with E-state index in [2.05, 4.69) is 0 Å². The summed E-state index contributed by atoms with van der Waals surface area (Å²) in [5.41, 5.74) is 1.12. The molecular formula is C17H12Cl2N2O3. The zero-order chi connectivity index (χ0) is 17.4. The Labute approximate surface area is 146 Å². The summed E-state index contributed by atoms with van der Waals surface area (Å²) in [6.07, 6.45) is 1.57. The number of nitrogens with zero attached hydrogens (tertiary/aromatic N) is 1. The number of hydrogen-bond acceptors (Lipinski definition) is 3. The van der Waals surface area contributed by atoms with Gasteiger partial charge in [0.2, 0.25) is 5.43 Å². The van der Waals surface area contributed by atoms with E-state index in [0.29, 0.717) is 22.0 Å². The lowest BCUT2D eigenvalue weighted by atomic mass is 10.0. The standard InChI is InChI=1S/C17H12Cl2N2O3/c18-13-3-1-2-10(15(13)19)6-9-4-5-14-11(7-9)16(22)12(17(23)24)8-21(14)20/h1-5,7-8H,6,20H2,(H,23,24). The van der Waals surface area contributed by atoms with Crippen molar-refractivity contribution >= 4 is 40.1 Å². The van der Waals surface area contributed by atoms with Crippen molar-refractivity contribution < 1.29 is 9.90 Å². The highest BCUT2D eigenvalue weighted by Crippen LogP contribution is 2.27. The molecule has 0 amide bonds. The first-order chi connectivity index (χ1) is 11.4. The first-order valence-electron chi connectivity index (χ1n) is 6.98. The maximum Gasteiger partial charge on any atom is 0.341 e. The van der Waals surface area contributed by atoms with Crippen molar-refractivity contribution in [2.75, 3.05) is 5.84 Å². The summed E-state index contributed by atoms with van der Waals surface area (Å²) >= 11 is 12.2. The number of fused-ring (bicyclic) bond motifs is 1. The molecule has 0 aliphatic carbocycles. The van der Waals surface area contributed by atoms with E-state index in [1.807, 2.05) is 12.1 Å². The third kappa shape index (κ3) is 2.84. The van der Waals surface area contributed by atoms with Gasteiger partial charge < -0.3 is 10.9 Å². The lowest BCUT2D eigenvalue weighted by Crippen LogP contribution is -2.22. The van der Waals surface area contributed by atoms with Gasteiger partial charge in [-0.1, -0.05) is 41.4 Å². The van der Waals surface area contributed by atoms with Gasteiger partial charge in [-0.3, -0.25) is 9.47 Å². The van der Waals surface area contributed by atoms with E-state index in [-0.39, 0.29) is 10.9 Å². The van der Waals surface area contributed by atoms with E-state index in [1.165, 1.54) is 0 Å². The summed E-state index contributed by atoms with van der Waals surface area (Å²) in [6, 6.07) is 10.4. The molecule has 3 N–H and O–H groups in total. The van der Waals surface area contributed by atoms with Crippen molar-refractivity contribution in [3.63, 3.8) is 0 Å². The number of pyridine rings is 1. The molecule has 0 atom stereocenters. The molecule has 0 spiro atoms. The normalized spacial score (nSPS) is 10.9. The second-order valence-electron chi connectivity index (χ2n) is 5.33. The highest BCUT2D eigenvalue weighted by Gasteiger charge is 2.14. The molecule has 0 radical (unpaired) electrons. The van der Waals surface area contributed by atoms with E-state index in [0.717, 1.165) is 22.0 Å². The van der Waals surface area contributed by atoms with Crippen LogP contribution >= 0.6 is 23.2 Å². The molecule has 0 saturated heterocycles. The summed E-state index contributed by atoms with van der Waals surface area (Å²) in [5, 5.41) is 10.3. The number of rotatable bonds is 3. The van der Waals surface area contributed by atoms with E-state index >= 15 is 0 Å². The van der Waals surface area contributed by atoms with E-state index in [1.54, 1.807) is 24.3 Å². The summed E-state index contributed by atoms with van der Waals surface area (Å²) in [4.78, 5) is 23.5. The average molecular weight is 363 g/mol. The van der Waals surface area contributed by atoms with Crippen molar-refractivity contribution in [2.24, 2.45) is 0 Å². The zero-order valence-corrected chi connectivity index (χ0v) is 13.8. The third-order valence-corrected chi connectivity index (χ3v) is 4.61. The average Bonchev–Trinajstić information content (AvgIpc) is 2.55. The number of halogens is 2. The first-order valence-corrected chi connectivity index (χ1v) is 7.73. The van der Waals surface area contributed by atoms with Gasteiger partial charge in [0.25, 0.3) is 0 Å². The topological polar surface area (TPSA) is 85.3 Å². The third-order valence-electron chi connectivity index (χ3n) is 3.75. The number of carboxylic acids is 1. The largest absolute Gasteiger partial charge is 0.477 e. The van der Waals surface area contributed by atoms with Crippen LogP contribution in [0.3, 0.4) is 0 Å². The summed E-state index contributed by atoms with van der Waals surface area (Å²) in [7, 11) is 0. The van der Waals surface area contributed by atoms with Gasteiger partial charge in [-0.05, 0) is 35.7 Å². The van der Waals surface area contributed by atoms with Gasteiger partial charge in [0.15, 0.2) is 0 Å². The smallest absolute Gasteiger partial charge is 0.341 e. The van der Waals surface area contributed by atoms with Crippen LogP contribution in [-0.2, 0) is 6.42 Å². The Morgan fingerprint density at radius 3 is 2.67 bits per heavy atom. The number of aromatic carboxylic acids is 1. The van der Waals surface area contributed by atoms with Gasteiger partial charge >= 0.3 is 5.97 Å². The molecule has 122 valence electrons. The number of nitrogens with two attached hydrogens (primary N) is 1. The van der Waals surface area contributed by atoms with Crippen LogP contribution in [0.15, 0.2) is 47.4 Å². The molecule has 0 unspecified atom stereocenters. The van der Waals surface area contributed by atoms with Gasteiger partial charge in [-0.2, -0.15) is 0 Å². The van der Waals surface area contributed by atoms with Crippen molar-refractivity contribution in [3.05, 3.63) is 79.6 Å². The number of benzene rings is 2. The molecule has 1 heterocycles. The molecular weight excluding hydrogens is 351 g/mol. The molecule has 0 saturated carbocycles. The van der Waals surface area contributed by atoms with Crippen LogP contribution in [0.25, 0.3) is 10.9 Å². The second-order valence-corrected chi connectivity index (χ2v) is 6.11. The van der Waals surface area contributed by atoms with Crippen LogP contribution in [0, 0.1) is 0 Å². The fourth-order valence-electron chi connectivity index (χ4n) is 2.57. The van der Waals surface area contributed by atoms with Crippen LogP contribution in [-0.4, -0.2) is 15.8 Å². The lowest BCUT2D eigenvalue weighted by Gasteiger charge is -2.10. The Morgan fingerprint density at radius 2 is 1.96 bits per heavy atom. The highest BCUT2D eigenvalue weighted by atomic mass is 35.5. The molecule has 3 rings (SSSR count). The Kier molecular flexibility index (Phi) is 4.22. The summed E-state index contributed by atoms with van der Waals surface area (Å²) < 4.78 is 1.14. The van der Waals surface area contributed by atoms with Crippen molar-refractivity contribution in [1.82, 2.24) is 4.68 Å². The predicted octanol–water partition coefficient (Wildman–Crippen LogP) is 3.31.